The van der Waals surface area contributed by atoms with Gasteiger partial charge in [-0.2, -0.15) is 13.2 Å². The zero-order chi connectivity index (χ0) is 14.9. The van der Waals surface area contributed by atoms with Crippen LogP contribution in [0.5, 0.6) is 0 Å². The predicted octanol–water partition coefficient (Wildman–Crippen LogP) is 4.84. The zero-order valence-electron chi connectivity index (χ0n) is 9.80. The molecule has 3 N–H and O–H groups in total. The number of rotatable bonds is 2. The smallest absolute Gasteiger partial charge is 0.396 e. The van der Waals surface area contributed by atoms with E-state index in [9.17, 15) is 13.2 Å². The van der Waals surface area contributed by atoms with Crippen LogP contribution in [0, 0.1) is 0 Å². The molecule has 8 heteroatoms. The van der Waals surface area contributed by atoms with Gasteiger partial charge in [0.15, 0.2) is 5.82 Å². The molecule has 0 radical (unpaired) electrons. The Bertz CT molecular complexity index is 646. The average molecular weight is 367 g/mol. The van der Waals surface area contributed by atoms with Gasteiger partial charge in [0.2, 0.25) is 0 Å². The minimum absolute atomic E-state index is 0.0861. The summed E-state index contributed by atoms with van der Waals surface area (Å²) in [4.78, 5) is 3.98. The second kappa shape index (κ2) is 5.49. The summed E-state index contributed by atoms with van der Waals surface area (Å²) in [6.07, 6.45) is -2.97. The van der Waals surface area contributed by atoms with Crippen molar-refractivity contribution < 1.29 is 13.2 Å². The molecular formula is C12H8BrClF3N3. The number of pyridine rings is 1. The zero-order valence-corrected chi connectivity index (χ0v) is 12.1. The first kappa shape index (κ1) is 14.9. The number of nitrogens with zero attached hydrogens (tertiary/aromatic N) is 1. The van der Waals surface area contributed by atoms with Gasteiger partial charge in [-0.3, -0.25) is 0 Å². The molecule has 1 aromatic heterocycles. The van der Waals surface area contributed by atoms with Crippen molar-refractivity contribution in [1.82, 2.24) is 4.98 Å². The first-order valence-corrected chi connectivity index (χ1v) is 6.49. The van der Waals surface area contributed by atoms with Crippen LogP contribution in [0.25, 0.3) is 0 Å². The molecule has 0 atom stereocenters. The lowest BCUT2D eigenvalue weighted by molar-refractivity contribution is -0.137. The third-order valence-electron chi connectivity index (χ3n) is 2.43. The largest absolute Gasteiger partial charge is 0.416 e. The summed E-state index contributed by atoms with van der Waals surface area (Å²) in [6, 6.07) is 4.57. The van der Waals surface area contributed by atoms with Gasteiger partial charge in [-0.05, 0) is 40.2 Å². The van der Waals surface area contributed by atoms with Gasteiger partial charge in [0.05, 0.1) is 22.0 Å². The van der Waals surface area contributed by atoms with Gasteiger partial charge in [-0.15, -0.1) is 0 Å². The van der Waals surface area contributed by atoms with Crippen LogP contribution in [0.3, 0.4) is 0 Å². The lowest BCUT2D eigenvalue weighted by atomic mass is 10.2. The molecule has 0 bridgehead atoms. The van der Waals surface area contributed by atoms with Crippen molar-refractivity contribution in [3.05, 3.63) is 45.5 Å². The lowest BCUT2D eigenvalue weighted by Gasteiger charge is -2.13. The van der Waals surface area contributed by atoms with Gasteiger partial charge in [-0.1, -0.05) is 11.6 Å². The van der Waals surface area contributed by atoms with Crippen LogP contribution in [0.15, 0.2) is 34.9 Å². The van der Waals surface area contributed by atoms with Gasteiger partial charge in [0.1, 0.15) is 0 Å². The second-order valence-electron chi connectivity index (χ2n) is 3.91. The summed E-state index contributed by atoms with van der Waals surface area (Å²) >= 11 is 9.06. The number of nitrogens with two attached hydrogens (primary N) is 1. The highest BCUT2D eigenvalue weighted by Gasteiger charge is 2.31. The van der Waals surface area contributed by atoms with Crippen molar-refractivity contribution in [3.63, 3.8) is 0 Å². The number of anilines is 3. The average Bonchev–Trinajstić information content (AvgIpc) is 2.33. The summed E-state index contributed by atoms with van der Waals surface area (Å²) in [5.41, 5.74) is 5.29. The highest BCUT2D eigenvalue weighted by molar-refractivity contribution is 9.10. The molecule has 0 fully saturated rings. The minimum atomic E-state index is -4.44. The maximum Gasteiger partial charge on any atom is 0.416 e. The van der Waals surface area contributed by atoms with Crippen molar-refractivity contribution in [2.75, 3.05) is 11.1 Å². The van der Waals surface area contributed by atoms with E-state index in [0.717, 1.165) is 12.1 Å². The Kier molecular flexibility index (Phi) is 4.10. The minimum Gasteiger partial charge on any atom is -0.396 e. The third-order valence-corrected chi connectivity index (χ3v) is 3.19. The van der Waals surface area contributed by atoms with Crippen LogP contribution in [-0.2, 0) is 6.18 Å². The van der Waals surface area contributed by atoms with Crippen LogP contribution in [-0.4, -0.2) is 4.98 Å². The molecule has 0 saturated heterocycles. The Hall–Kier alpha value is -1.47. The molecule has 20 heavy (non-hydrogen) atoms. The van der Waals surface area contributed by atoms with Crippen LogP contribution >= 0.6 is 27.5 Å². The van der Waals surface area contributed by atoms with E-state index in [0.29, 0.717) is 4.47 Å². The van der Waals surface area contributed by atoms with E-state index in [4.69, 9.17) is 17.3 Å². The molecule has 0 amide bonds. The molecule has 0 aliphatic carbocycles. The van der Waals surface area contributed by atoms with E-state index in [-0.39, 0.29) is 22.2 Å². The standard InChI is InChI=1S/C12H8BrClF3N3/c13-7-4-9(18)11(19-5-7)20-10-3-6(12(15,16)17)1-2-8(10)14/h1-5H,18H2,(H,19,20). The summed E-state index contributed by atoms with van der Waals surface area (Å²) in [5, 5.41) is 2.83. The number of alkyl halides is 3. The number of nitrogens with one attached hydrogen (secondary N) is 1. The van der Waals surface area contributed by atoms with E-state index >= 15 is 0 Å². The second-order valence-corrected chi connectivity index (χ2v) is 5.23. The van der Waals surface area contributed by atoms with E-state index in [1.165, 1.54) is 12.3 Å². The maximum atomic E-state index is 12.7. The van der Waals surface area contributed by atoms with Crippen molar-refractivity contribution in [3.8, 4) is 0 Å². The fourth-order valence-corrected chi connectivity index (χ4v) is 2.00. The Balaban J connectivity index is 2.38. The summed E-state index contributed by atoms with van der Waals surface area (Å²) in [5.74, 6) is 0.231. The number of hydrogen-bond donors (Lipinski definition) is 2. The molecule has 2 rings (SSSR count). The molecule has 0 aliphatic heterocycles. The third kappa shape index (κ3) is 3.34. The number of halogens is 5. The first-order valence-electron chi connectivity index (χ1n) is 5.32. The molecule has 0 saturated carbocycles. The van der Waals surface area contributed by atoms with E-state index in [1.807, 2.05) is 0 Å². The van der Waals surface area contributed by atoms with Crippen molar-refractivity contribution >= 4 is 44.7 Å². The molecule has 3 nitrogen and oxygen atoms in total. The number of benzene rings is 1. The van der Waals surface area contributed by atoms with Gasteiger partial charge in [0.25, 0.3) is 0 Å². The van der Waals surface area contributed by atoms with Gasteiger partial charge in [0, 0.05) is 10.7 Å². The highest BCUT2D eigenvalue weighted by Crippen LogP contribution is 2.35. The highest BCUT2D eigenvalue weighted by atomic mass is 79.9. The Labute approximate surface area is 126 Å². The normalized spacial score (nSPS) is 11.4. The summed E-state index contributed by atoms with van der Waals surface area (Å²) in [6.45, 7) is 0. The lowest BCUT2D eigenvalue weighted by Crippen LogP contribution is -2.06. The fourth-order valence-electron chi connectivity index (χ4n) is 1.48. The maximum absolute atomic E-state index is 12.7. The summed E-state index contributed by atoms with van der Waals surface area (Å²) < 4.78 is 38.6. The Morgan fingerprint density at radius 3 is 2.55 bits per heavy atom. The fraction of sp³-hybridized carbons (Fsp3) is 0.0833. The summed E-state index contributed by atoms with van der Waals surface area (Å²) in [7, 11) is 0. The van der Waals surface area contributed by atoms with E-state index in [1.54, 1.807) is 6.07 Å². The molecule has 1 heterocycles. The monoisotopic (exact) mass is 365 g/mol. The predicted molar refractivity (Wildman–Crippen MR) is 76.1 cm³/mol. The van der Waals surface area contributed by atoms with Crippen LogP contribution in [0.2, 0.25) is 5.02 Å². The Morgan fingerprint density at radius 1 is 1.25 bits per heavy atom. The van der Waals surface area contributed by atoms with Gasteiger partial charge >= 0.3 is 6.18 Å². The van der Waals surface area contributed by atoms with Crippen molar-refractivity contribution in [1.29, 1.82) is 0 Å². The molecule has 1 aromatic carbocycles. The molecule has 0 unspecified atom stereocenters. The van der Waals surface area contributed by atoms with Gasteiger partial charge in [-0.25, -0.2) is 4.98 Å². The van der Waals surface area contributed by atoms with Crippen LogP contribution in [0.1, 0.15) is 5.56 Å². The van der Waals surface area contributed by atoms with E-state index in [2.05, 4.69) is 26.2 Å². The number of hydrogen-bond acceptors (Lipinski definition) is 3. The van der Waals surface area contributed by atoms with E-state index < -0.39 is 11.7 Å². The number of aromatic nitrogens is 1. The molecule has 2 aromatic rings. The topological polar surface area (TPSA) is 50.9 Å². The van der Waals surface area contributed by atoms with Crippen molar-refractivity contribution in [2.45, 2.75) is 6.18 Å². The molecule has 0 aliphatic rings. The van der Waals surface area contributed by atoms with Gasteiger partial charge < -0.3 is 11.1 Å². The molecule has 0 spiro atoms. The van der Waals surface area contributed by atoms with Crippen LogP contribution < -0.4 is 11.1 Å². The first-order chi connectivity index (χ1) is 9.27. The Morgan fingerprint density at radius 2 is 1.95 bits per heavy atom. The van der Waals surface area contributed by atoms with Crippen molar-refractivity contribution in [2.24, 2.45) is 0 Å². The SMILES string of the molecule is Nc1cc(Br)cnc1Nc1cc(C(F)(F)F)ccc1Cl. The number of nitrogen functional groups attached to an aromatic ring is 1. The molecular weight excluding hydrogens is 359 g/mol. The van der Waals surface area contributed by atoms with Crippen LogP contribution in [0.4, 0.5) is 30.4 Å². The quantitative estimate of drug-likeness (QED) is 0.799. The molecule has 106 valence electrons.